The number of aliphatic hydroxyl groups is 1. The number of anilines is 1. The van der Waals surface area contributed by atoms with Crippen LogP contribution in [0.2, 0.25) is 0 Å². The molecule has 1 aromatic carbocycles. The van der Waals surface area contributed by atoms with E-state index in [4.69, 9.17) is 9.47 Å². The molecule has 0 unspecified atom stereocenters. The molecule has 1 atom stereocenters. The minimum Gasteiger partial charge on any atom is -0.490 e. The first kappa shape index (κ1) is 11.1. The van der Waals surface area contributed by atoms with E-state index >= 15 is 0 Å². The topological polar surface area (TPSA) is 50.7 Å². The molecule has 0 fully saturated rings. The van der Waals surface area contributed by atoms with E-state index in [9.17, 15) is 5.11 Å². The maximum atomic E-state index is 9.18. The van der Waals surface area contributed by atoms with Gasteiger partial charge in [0.2, 0.25) is 0 Å². The molecule has 0 spiro atoms. The molecule has 4 heteroatoms. The van der Waals surface area contributed by atoms with Gasteiger partial charge in [-0.15, -0.1) is 0 Å². The Morgan fingerprint density at radius 2 is 2.06 bits per heavy atom. The third-order valence-electron chi connectivity index (χ3n) is 2.35. The van der Waals surface area contributed by atoms with Gasteiger partial charge in [0, 0.05) is 24.7 Å². The molecule has 0 saturated heterocycles. The second kappa shape index (κ2) is 5.07. The first-order valence-corrected chi connectivity index (χ1v) is 5.57. The lowest BCUT2D eigenvalue weighted by Gasteiger charge is -2.12. The third kappa shape index (κ3) is 2.79. The van der Waals surface area contributed by atoms with Gasteiger partial charge in [-0.1, -0.05) is 0 Å². The van der Waals surface area contributed by atoms with Crippen LogP contribution < -0.4 is 14.8 Å². The fraction of sp³-hybridized carbons (Fsp3) is 0.500. The Balaban J connectivity index is 2.08. The fourth-order valence-corrected chi connectivity index (χ4v) is 1.54. The van der Waals surface area contributed by atoms with Crippen molar-refractivity contribution in [3.8, 4) is 11.5 Å². The zero-order valence-electron chi connectivity index (χ0n) is 9.40. The quantitative estimate of drug-likeness (QED) is 0.818. The summed E-state index contributed by atoms with van der Waals surface area (Å²) in [5.41, 5.74) is 0.935. The van der Waals surface area contributed by atoms with E-state index in [2.05, 4.69) is 5.32 Å². The van der Waals surface area contributed by atoms with E-state index in [0.29, 0.717) is 19.8 Å². The summed E-state index contributed by atoms with van der Waals surface area (Å²) in [4.78, 5) is 0. The fourth-order valence-electron chi connectivity index (χ4n) is 1.54. The normalized spacial score (nSPS) is 16.4. The number of hydrogen-bond donors (Lipinski definition) is 2. The number of ether oxygens (including phenoxy) is 2. The van der Waals surface area contributed by atoms with Gasteiger partial charge in [-0.25, -0.2) is 0 Å². The molecular weight excluding hydrogens is 206 g/mol. The number of aliphatic hydroxyl groups excluding tert-OH is 1. The Kier molecular flexibility index (Phi) is 3.51. The van der Waals surface area contributed by atoms with Gasteiger partial charge in [0.05, 0.1) is 19.3 Å². The lowest BCUT2D eigenvalue weighted by atomic mass is 10.2. The summed E-state index contributed by atoms with van der Waals surface area (Å²) >= 11 is 0. The summed E-state index contributed by atoms with van der Waals surface area (Å²) < 4.78 is 11.1. The predicted octanol–water partition coefficient (Wildman–Crippen LogP) is 1.64. The van der Waals surface area contributed by atoms with Crippen molar-refractivity contribution in [3.05, 3.63) is 18.2 Å². The molecule has 2 rings (SSSR count). The monoisotopic (exact) mass is 223 g/mol. The van der Waals surface area contributed by atoms with Crippen molar-refractivity contribution in [3.63, 3.8) is 0 Å². The van der Waals surface area contributed by atoms with Gasteiger partial charge in [0.1, 0.15) is 0 Å². The molecule has 16 heavy (non-hydrogen) atoms. The van der Waals surface area contributed by atoms with Crippen LogP contribution in [0.3, 0.4) is 0 Å². The molecule has 0 bridgehead atoms. The highest BCUT2D eigenvalue weighted by Crippen LogP contribution is 2.32. The molecule has 0 radical (unpaired) electrons. The molecule has 0 amide bonds. The van der Waals surface area contributed by atoms with Crippen LogP contribution in [0.1, 0.15) is 13.3 Å². The molecule has 1 aliphatic rings. The molecule has 0 aromatic heterocycles. The maximum Gasteiger partial charge on any atom is 0.163 e. The van der Waals surface area contributed by atoms with Crippen molar-refractivity contribution in [2.24, 2.45) is 0 Å². The van der Waals surface area contributed by atoms with Gasteiger partial charge in [0.15, 0.2) is 11.5 Å². The van der Waals surface area contributed by atoms with Crippen molar-refractivity contribution >= 4 is 5.69 Å². The van der Waals surface area contributed by atoms with Crippen LogP contribution in [0.5, 0.6) is 11.5 Å². The summed E-state index contributed by atoms with van der Waals surface area (Å²) in [5.74, 6) is 1.56. The molecule has 4 nitrogen and oxygen atoms in total. The predicted molar refractivity (Wildman–Crippen MR) is 62.2 cm³/mol. The molecule has 1 aromatic rings. The van der Waals surface area contributed by atoms with E-state index in [1.54, 1.807) is 6.92 Å². The van der Waals surface area contributed by atoms with Crippen molar-refractivity contribution < 1.29 is 14.6 Å². The Labute approximate surface area is 95.2 Å². The highest BCUT2D eigenvalue weighted by molar-refractivity contribution is 5.55. The van der Waals surface area contributed by atoms with E-state index in [1.807, 2.05) is 18.2 Å². The number of benzene rings is 1. The average Bonchev–Trinajstić information content (AvgIpc) is 2.50. The maximum absolute atomic E-state index is 9.18. The highest BCUT2D eigenvalue weighted by Gasteiger charge is 2.10. The number of fused-ring (bicyclic) bond motifs is 1. The summed E-state index contributed by atoms with van der Waals surface area (Å²) in [7, 11) is 0. The van der Waals surface area contributed by atoms with Crippen molar-refractivity contribution in [2.45, 2.75) is 19.4 Å². The van der Waals surface area contributed by atoms with Crippen LogP contribution in [0.15, 0.2) is 18.2 Å². The Bertz CT molecular complexity index is 352. The largest absolute Gasteiger partial charge is 0.490 e. The average molecular weight is 223 g/mol. The Morgan fingerprint density at radius 3 is 2.81 bits per heavy atom. The first-order chi connectivity index (χ1) is 7.75. The third-order valence-corrected chi connectivity index (χ3v) is 2.35. The Morgan fingerprint density at radius 1 is 1.31 bits per heavy atom. The van der Waals surface area contributed by atoms with E-state index in [1.165, 1.54) is 0 Å². The zero-order valence-corrected chi connectivity index (χ0v) is 9.40. The molecule has 0 aliphatic carbocycles. The molecular formula is C12H17NO3. The van der Waals surface area contributed by atoms with E-state index < -0.39 is 0 Å². The van der Waals surface area contributed by atoms with Gasteiger partial charge >= 0.3 is 0 Å². The minimum absolute atomic E-state index is 0.365. The van der Waals surface area contributed by atoms with Crippen LogP contribution in [0, 0.1) is 0 Å². The van der Waals surface area contributed by atoms with Crippen LogP contribution >= 0.6 is 0 Å². The highest BCUT2D eigenvalue weighted by atomic mass is 16.5. The zero-order chi connectivity index (χ0) is 11.4. The lowest BCUT2D eigenvalue weighted by molar-refractivity contribution is 0.208. The van der Waals surface area contributed by atoms with Gasteiger partial charge in [-0.2, -0.15) is 0 Å². The van der Waals surface area contributed by atoms with Gasteiger partial charge in [0.25, 0.3) is 0 Å². The van der Waals surface area contributed by atoms with Crippen molar-refractivity contribution in [1.29, 1.82) is 0 Å². The standard InChI is InChI=1S/C12H17NO3/c1-9(14)8-13-10-3-4-11-12(7-10)16-6-2-5-15-11/h3-4,7,9,13-14H,2,5-6,8H2,1H3/t9-/m1/s1. The number of nitrogens with one attached hydrogen (secondary N) is 1. The second-order valence-electron chi connectivity index (χ2n) is 3.94. The molecule has 88 valence electrons. The van der Waals surface area contributed by atoms with Crippen molar-refractivity contribution in [2.75, 3.05) is 25.1 Å². The molecule has 0 saturated carbocycles. The summed E-state index contributed by atoms with van der Waals surface area (Å²) in [6, 6.07) is 5.73. The summed E-state index contributed by atoms with van der Waals surface area (Å²) in [5, 5.41) is 12.3. The summed E-state index contributed by atoms with van der Waals surface area (Å²) in [6.45, 7) is 3.66. The molecule has 1 heterocycles. The van der Waals surface area contributed by atoms with Crippen molar-refractivity contribution in [1.82, 2.24) is 0 Å². The smallest absolute Gasteiger partial charge is 0.163 e. The second-order valence-corrected chi connectivity index (χ2v) is 3.94. The number of rotatable bonds is 3. The minimum atomic E-state index is -0.365. The van der Waals surface area contributed by atoms with Crippen LogP contribution in [0.25, 0.3) is 0 Å². The van der Waals surface area contributed by atoms with Crippen LogP contribution in [-0.2, 0) is 0 Å². The Hall–Kier alpha value is -1.42. The lowest BCUT2D eigenvalue weighted by Crippen LogP contribution is -2.15. The molecule has 2 N–H and O–H groups in total. The van der Waals surface area contributed by atoms with E-state index in [0.717, 1.165) is 23.6 Å². The van der Waals surface area contributed by atoms with Crippen LogP contribution in [-0.4, -0.2) is 31.0 Å². The van der Waals surface area contributed by atoms with Gasteiger partial charge in [-0.05, 0) is 19.1 Å². The first-order valence-electron chi connectivity index (χ1n) is 5.57. The number of hydrogen-bond acceptors (Lipinski definition) is 4. The molecule has 1 aliphatic heterocycles. The van der Waals surface area contributed by atoms with Gasteiger partial charge in [-0.3, -0.25) is 0 Å². The summed E-state index contributed by atoms with van der Waals surface area (Å²) in [6.07, 6.45) is 0.543. The van der Waals surface area contributed by atoms with Gasteiger partial charge < -0.3 is 19.9 Å². The SMILES string of the molecule is C[C@@H](O)CNc1ccc2c(c1)OCCCO2. The van der Waals surface area contributed by atoms with Crippen LogP contribution in [0.4, 0.5) is 5.69 Å². The van der Waals surface area contributed by atoms with E-state index in [-0.39, 0.29) is 6.10 Å².